The van der Waals surface area contributed by atoms with E-state index in [1.165, 1.54) is 24.3 Å². The van der Waals surface area contributed by atoms with E-state index >= 15 is 35.1 Å². The van der Waals surface area contributed by atoms with Gasteiger partial charge < -0.3 is 0 Å². The van der Waals surface area contributed by atoms with Gasteiger partial charge >= 0.3 is 314 Å². The van der Waals surface area contributed by atoms with Crippen molar-refractivity contribution in [2.45, 2.75) is 6.10 Å². The molecule has 0 radical (unpaired) electrons. The number of benzene rings is 6. The molecule has 0 fully saturated rings. The van der Waals surface area contributed by atoms with Crippen LogP contribution < -0.4 is 0 Å². The van der Waals surface area contributed by atoms with Crippen LogP contribution in [0.5, 0.6) is 0 Å². The average molecular weight is 858 g/mol. The van der Waals surface area contributed by atoms with Crippen LogP contribution in [0.15, 0.2) is 121 Å². The van der Waals surface area contributed by atoms with Gasteiger partial charge in [-0.15, -0.1) is 0 Å². The van der Waals surface area contributed by atoms with E-state index in [-0.39, 0.29) is 18.4 Å². The first-order chi connectivity index (χ1) is 26.0. The summed E-state index contributed by atoms with van der Waals surface area (Å²) in [6, 6.07) is 31.6. The van der Waals surface area contributed by atoms with Crippen LogP contribution in [-0.4, -0.2) is 27.8 Å². The van der Waals surface area contributed by atoms with Crippen molar-refractivity contribution >= 4 is 46.0 Å². The molecule has 54 heavy (non-hydrogen) atoms. The quantitative estimate of drug-likeness (QED) is 0.0641. The molecular weight excluding hydrogens is 837 g/mol. The van der Waals surface area contributed by atoms with Crippen LogP contribution in [0.25, 0.3) is 18.2 Å². The van der Waals surface area contributed by atoms with Gasteiger partial charge in [0, 0.05) is 0 Å². The zero-order valence-corrected chi connectivity index (χ0v) is 29.6. The predicted octanol–water partition coefficient (Wildman–Crippen LogP) is 11.1. The Morgan fingerprint density at radius 1 is 0.370 bits per heavy atom. The molecule has 0 aliphatic carbocycles. The standard InChI is InChI=1S/C41H21BF10OTe/c43-29-25(30(44)34(48)37(51)33(29)47)27-40(23-17-9-3-10-18-23)54-41(24-19-11-4-12-20-24)28(26-31(45)35(49)38(52)36(50)32(26)46)42(27)53-39(21-13-5-1-6-14-21)22-15-7-2-8-16-22/h1-20,39H. The molecule has 1 aliphatic rings. The molecule has 6 aromatic carbocycles. The molecule has 1 heterocycles. The van der Waals surface area contributed by atoms with Crippen molar-refractivity contribution in [3.05, 3.63) is 213 Å². The van der Waals surface area contributed by atoms with Gasteiger partial charge in [0.1, 0.15) is 0 Å². The van der Waals surface area contributed by atoms with Crippen LogP contribution in [0, 0.1) is 58.2 Å². The van der Waals surface area contributed by atoms with E-state index in [4.69, 9.17) is 4.65 Å². The molecule has 0 amide bonds. The van der Waals surface area contributed by atoms with Crippen LogP contribution in [-0.2, 0) is 4.65 Å². The molecule has 6 aromatic rings. The van der Waals surface area contributed by atoms with E-state index in [0.29, 0.717) is 11.1 Å². The van der Waals surface area contributed by atoms with Gasteiger partial charge in [0.25, 0.3) is 0 Å². The summed E-state index contributed by atoms with van der Waals surface area (Å²) in [6.07, 6.45) is -1.31. The Kier molecular flexibility index (Phi) is 10.6. The zero-order valence-electron chi connectivity index (χ0n) is 27.3. The van der Waals surface area contributed by atoms with E-state index in [1.54, 1.807) is 97.1 Å². The van der Waals surface area contributed by atoms with Gasteiger partial charge in [-0.1, -0.05) is 0 Å². The Morgan fingerprint density at radius 2 is 0.648 bits per heavy atom. The molecule has 13 heteroatoms. The molecule has 7 rings (SSSR count). The Morgan fingerprint density at radius 3 is 0.963 bits per heavy atom. The Balaban J connectivity index is 1.68. The third kappa shape index (κ3) is 6.55. The van der Waals surface area contributed by atoms with Gasteiger partial charge in [-0.05, 0) is 0 Å². The fourth-order valence-corrected chi connectivity index (χ4v) is 10.1. The molecule has 1 aliphatic heterocycles. The first-order valence-electron chi connectivity index (χ1n) is 16.1. The third-order valence-electron chi connectivity index (χ3n) is 8.72. The van der Waals surface area contributed by atoms with Crippen molar-refractivity contribution < 1.29 is 48.6 Å². The molecule has 1 nitrogen and oxygen atoms in total. The first kappa shape index (κ1) is 37.2. The minimum atomic E-state index is -2.47. The molecular formula is C41H21BF10OTe. The maximum absolute atomic E-state index is 16.2. The summed E-state index contributed by atoms with van der Waals surface area (Å²) in [5, 5.41) is 0. The van der Waals surface area contributed by atoms with Gasteiger partial charge in [-0.2, -0.15) is 0 Å². The Hall–Kier alpha value is -5.09. The van der Waals surface area contributed by atoms with Crippen LogP contribution in [0.4, 0.5) is 43.9 Å². The van der Waals surface area contributed by atoms with Crippen molar-refractivity contribution in [2.24, 2.45) is 0 Å². The maximum atomic E-state index is 16.2. The van der Waals surface area contributed by atoms with Crippen molar-refractivity contribution in [1.29, 1.82) is 0 Å². The molecule has 0 spiro atoms. The third-order valence-corrected chi connectivity index (χ3v) is 12.5. The fraction of sp³-hybridized carbons (Fsp3) is 0.0244. The topological polar surface area (TPSA) is 9.23 Å². The average Bonchev–Trinajstić information content (AvgIpc) is 3.21. The van der Waals surface area contributed by atoms with E-state index in [0.717, 1.165) is 0 Å². The summed E-state index contributed by atoms with van der Waals surface area (Å²) in [6.45, 7) is -2.24. The molecule has 0 N–H and O–H groups in total. The van der Waals surface area contributed by atoms with Crippen molar-refractivity contribution in [3.63, 3.8) is 0 Å². The second kappa shape index (κ2) is 15.3. The molecule has 0 saturated heterocycles. The molecule has 0 aromatic heterocycles. The summed E-state index contributed by atoms with van der Waals surface area (Å²) in [4.78, 5) is 0. The molecule has 0 bridgehead atoms. The van der Waals surface area contributed by atoms with E-state index in [2.05, 4.69) is 0 Å². The van der Waals surface area contributed by atoms with E-state index < -0.39 is 114 Å². The summed E-state index contributed by atoms with van der Waals surface area (Å²) in [5.74, 6) is -23.3. The second-order valence-corrected chi connectivity index (χ2v) is 14.8. The first-order valence-corrected chi connectivity index (χ1v) is 18.4. The van der Waals surface area contributed by atoms with Gasteiger partial charge in [-0.3, -0.25) is 0 Å². The van der Waals surface area contributed by atoms with Gasteiger partial charge in [0.05, 0.1) is 0 Å². The SMILES string of the molecule is Fc1c(F)c(F)c(C2=C(c3ccccc3)[Te]C(c3ccccc3)=C(c3c(F)c(F)c(F)c(F)c3F)B2OC(c2ccccc2)c2ccccc2)c(F)c1F. The number of hydrogen-bond donors (Lipinski definition) is 0. The Labute approximate surface area is 312 Å². The van der Waals surface area contributed by atoms with Crippen LogP contribution in [0.3, 0.4) is 0 Å². The number of halogens is 10. The number of hydrogen-bond acceptors (Lipinski definition) is 1. The minimum absolute atomic E-state index is 0.0144. The second-order valence-electron chi connectivity index (χ2n) is 11.9. The molecule has 270 valence electrons. The van der Waals surface area contributed by atoms with Crippen molar-refractivity contribution in [1.82, 2.24) is 0 Å². The fourth-order valence-electron chi connectivity index (χ4n) is 6.25. The summed E-state index contributed by atoms with van der Waals surface area (Å²) in [7, 11) is 0. The Bertz CT molecular complexity index is 2220. The molecule has 0 unspecified atom stereocenters. The monoisotopic (exact) mass is 860 g/mol. The van der Waals surface area contributed by atoms with Crippen LogP contribution in [0.2, 0.25) is 0 Å². The van der Waals surface area contributed by atoms with Crippen molar-refractivity contribution in [2.75, 3.05) is 0 Å². The molecule has 0 saturated carbocycles. The van der Waals surface area contributed by atoms with Crippen LogP contribution >= 0.6 is 0 Å². The van der Waals surface area contributed by atoms with Crippen LogP contribution in [0.1, 0.15) is 39.5 Å². The van der Waals surface area contributed by atoms with E-state index in [1.807, 2.05) is 0 Å². The predicted molar refractivity (Wildman–Crippen MR) is 186 cm³/mol. The summed E-state index contributed by atoms with van der Waals surface area (Å²) < 4.78 is 161. The normalized spacial score (nSPS) is 13.4. The molecule has 0 atom stereocenters. The van der Waals surface area contributed by atoms with Crippen molar-refractivity contribution in [3.8, 4) is 0 Å². The zero-order chi connectivity index (χ0) is 38.3. The van der Waals surface area contributed by atoms with Gasteiger partial charge in [0.15, 0.2) is 0 Å². The van der Waals surface area contributed by atoms with Gasteiger partial charge in [0.2, 0.25) is 0 Å². The summed E-state index contributed by atoms with van der Waals surface area (Å²) >= 11 is -2.31. The van der Waals surface area contributed by atoms with Gasteiger partial charge in [-0.25, -0.2) is 0 Å². The number of rotatable bonds is 8. The summed E-state index contributed by atoms with van der Waals surface area (Å²) in [5.41, 5.74) is -3.23. The van der Waals surface area contributed by atoms with E-state index in [9.17, 15) is 8.78 Å².